The molecule has 0 N–H and O–H groups in total. The van der Waals surface area contributed by atoms with E-state index in [9.17, 15) is 0 Å². The van der Waals surface area contributed by atoms with Gasteiger partial charge in [0.25, 0.3) is 0 Å². The van der Waals surface area contributed by atoms with Crippen LogP contribution in [-0.4, -0.2) is 67.7 Å². The molecule has 7 nitrogen and oxygen atoms in total. The van der Waals surface area contributed by atoms with Crippen LogP contribution in [0.25, 0.3) is 16.9 Å². The van der Waals surface area contributed by atoms with Crippen LogP contribution < -0.4 is 14.4 Å². The molecule has 0 fully saturated rings. The number of hydrogen-bond donors (Lipinski definition) is 0. The molecule has 0 radical (unpaired) electrons. The minimum Gasteiger partial charge on any atom is -0.493 e. The summed E-state index contributed by atoms with van der Waals surface area (Å²) in [6, 6.07) is 7.78. The lowest BCUT2D eigenvalue weighted by Crippen LogP contribution is -2.30. The first kappa shape index (κ1) is 18.0. The molecule has 0 saturated carbocycles. The van der Waals surface area contributed by atoms with Crippen LogP contribution in [0.2, 0.25) is 0 Å². The molecule has 0 atom stereocenters. The smallest absolute Gasteiger partial charge is 0.211 e. The minimum atomic E-state index is 0.678. The highest BCUT2D eigenvalue weighted by molar-refractivity contribution is 5.69. The van der Waals surface area contributed by atoms with Gasteiger partial charge in [0.1, 0.15) is 5.65 Å². The van der Waals surface area contributed by atoms with E-state index in [0.717, 1.165) is 35.9 Å². The molecule has 0 aliphatic heterocycles. The topological polar surface area (TPSA) is 55.1 Å². The van der Waals surface area contributed by atoms with Crippen molar-refractivity contribution in [3.8, 4) is 22.8 Å². The maximum absolute atomic E-state index is 5.42. The van der Waals surface area contributed by atoms with Gasteiger partial charge in [0.05, 0.1) is 19.9 Å². The third kappa shape index (κ3) is 3.57. The predicted octanol–water partition coefficient (Wildman–Crippen LogP) is 2.41. The lowest BCUT2D eigenvalue weighted by molar-refractivity contribution is 0.355. The number of rotatable bonds is 7. The summed E-state index contributed by atoms with van der Waals surface area (Å²) in [7, 11) is 9.43. The standard InChI is InChI=1S/C19H25N5O2/c1-22(2)10-11-23(3)19-21-15(13-18-20-8-9-24(18)19)14-6-7-16(25-4)17(12-14)26-5/h6-9,12-13H,10-11H2,1-5H3. The number of likely N-dealkylation sites (N-methyl/N-ethyl adjacent to an activating group) is 2. The second-order valence-electron chi connectivity index (χ2n) is 6.39. The Balaban J connectivity index is 2.04. The molecule has 1 aromatic carbocycles. The number of hydrogen-bond acceptors (Lipinski definition) is 6. The van der Waals surface area contributed by atoms with Crippen molar-refractivity contribution in [1.29, 1.82) is 0 Å². The summed E-state index contributed by atoms with van der Waals surface area (Å²) >= 11 is 0. The van der Waals surface area contributed by atoms with Gasteiger partial charge in [0, 0.05) is 44.2 Å². The normalized spacial score (nSPS) is 11.2. The van der Waals surface area contributed by atoms with Gasteiger partial charge >= 0.3 is 0 Å². The number of methoxy groups -OCH3 is 2. The van der Waals surface area contributed by atoms with Crippen molar-refractivity contribution in [2.75, 3.05) is 53.4 Å². The zero-order chi connectivity index (χ0) is 18.7. The first-order chi connectivity index (χ1) is 12.5. The van der Waals surface area contributed by atoms with Gasteiger partial charge in [-0.1, -0.05) is 0 Å². The molecule has 2 heterocycles. The molecule has 0 spiro atoms. The molecule has 0 saturated heterocycles. The Morgan fingerprint density at radius 2 is 1.77 bits per heavy atom. The van der Waals surface area contributed by atoms with Gasteiger partial charge in [-0.15, -0.1) is 0 Å². The number of benzene rings is 1. The molecule has 3 aromatic rings. The molecular weight excluding hydrogens is 330 g/mol. The van der Waals surface area contributed by atoms with E-state index in [1.807, 2.05) is 41.9 Å². The molecule has 0 aliphatic carbocycles. The monoisotopic (exact) mass is 355 g/mol. The molecule has 2 aromatic heterocycles. The van der Waals surface area contributed by atoms with Crippen molar-refractivity contribution < 1.29 is 9.47 Å². The molecule has 3 rings (SSSR count). The van der Waals surface area contributed by atoms with Gasteiger partial charge in [-0.25, -0.2) is 9.97 Å². The van der Waals surface area contributed by atoms with Crippen LogP contribution >= 0.6 is 0 Å². The summed E-state index contributed by atoms with van der Waals surface area (Å²) in [6.45, 7) is 1.80. The Morgan fingerprint density at radius 1 is 1.00 bits per heavy atom. The predicted molar refractivity (Wildman–Crippen MR) is 103 cm³/mol. The molecule has 7 heteroatoms. The Morgan fingerprint density at radius 3 is 2.46 bits per heavy atom. The number of aromatic nitrogens is 3. The van der Waals surface area contributed by atoms with Crippen LogP contribution in [0.3, 0.4) is 0 Å². The van der Waals surface area contributed by atoms with E-state index < -0.39 is 0 Å². The van der Waals surface area contributed by atoms with Crippen LogP contribution in [-0.2, 0) is 0 Å². The SMILES string of the molecule is COc1ccc(-c2cc3nccn3c(N(C)CCN(C)C)n2)cc1OC. The number of ether oxygens (including phenoxy) is 2. The summed E-state index contributed by atoms with van der Waals surface area (Å²) in [5, 5.41) is 0. The summed E-state index contributed by atoms with van der Waals surface area (Å²) in [5.74, 6) is 2.23. The lowest BCUT2D eigenvalue weighted by atomic mass is 10.1. The minimum absolute atomic E-state index is 0.678. The van der Waals surface area contributed by atoms with Crippen molar-refractivity contribution in [1.82, 2.24) is 19.3 Å². The highest BCUT2D eigenvalue weighted by Crippen LogP contribution is 2.32. The van der Waals surface area contributed by atoms with Crippen LogP contribution in [0.1, 0.15) is 0 Å². The quantitative estimate of drug-likeness (QED) is 0.649. The van der Waals surface area contributed by atoms with E-state index in [2.05, 4.69) is 28.9 Å². The highest BCUT2D eigenvalue weighted by Gasteiger charge is 2.14. The fraction of sp³-hybridized carbons (Fsp3) is 0.368. The Bertz CT molecular complexity index is 891. The Kier molecular flexibility index (Phi) is 5.27. The fourth-order valence-electron chi connectivity index (χ4n) is 2.77. The molecule has 138 valence electrons. The Labute approximate surface area is 153 Å². The van der Waals surface area contributed by atoms with Gasteiger partial charge in [-0.05, 0) is 32.3 Å². The van der Waals surface area contributed by atoms with E-state index in [4.69, 9.17) is 14.5 Å². The third-order valence-corrected chi connectivity index (χ3v) is 4.27. The maximum Gasteiger partial charge on any atom is 0.211 e. The lowest BCUT2D eigenvalue weighted by Gasteiger charge is -2.22. The van der Waals surface area contributed by atoms with Crippen LogP contribution in [0, 0.1) is 0 Å². The van der Waals surface area contributed by atoms with E-state index in [1.54, 1.807) is 20.4 Å². The van der Waals surface area contributed by atoms with Gasteiger partial charge in [-0.3, -0.25) is 4.40 Å². The maximum atomic E-state index is 5.42. The first-order valence-electron chi connectivity index (χ1n) is 8.46. The van der Waals surface area contributed by atoms with Crippen molar-refractivity contribution in [2.24, 2.45) is 0 Å². The highest BCUT2D eigenvalue weighted by atomic mass is 16.5. The van der Waals surface area contributed by atoms with Gasteiger partial charge < -0.3 is 19.3 Å². The largest absolute Gasteiger partial charge is 0.493 e. The van der Waals surface area contributed by atoms with Crippen molar-refractivity contribution in [3.63, 3.8) is 0 Å². The average molecular weight is 355 g/mol. The molecule has 0 unspecified atom stereocenters. The van der Waals surface area contributed by atoms with Crippen LogP contribution in [0.5, 0.6) is 11.5 Å². The first-order valence-corrected chi connectivity index (χ1v) is 8.46. The van der Waals surface area contributed by atoms with Crippen LogP contribution in [0.4, 0.5) is 5.95 Å². The van der Waals surface area contributed by atoms with E-state index >= 15 is 0 Å². The zero-order valence-electron chi connectivity index (χ0n) is 15.9. The number of imidazole rings is 1. The number of anilines is 1. The van der Waals surface area contributed by atoms with E-state index in [-0.39, 0.29) is 0 Å². The third-order valence-electron chi connectivity index (χ3n) is 4.27. The van der Waals surface area contributed by atoms with Gasteiger partial charge in [-0.2, -0.15) is 0 Å². The van der Waals surface area contributed by atoms with Crippen molar-refractivity contribution in [2.45, 2.75) is 0 Å². The van der Waals surface area contributed by atoms with Crippen molar-refractivity contribution in [3.05, 3.63) is 36.7 Å². The fourth-order valence-corrected chi connectivity index (χ4v) is 2.77. The second kappa shape index (κ2) is 7.61. The molecule has 0 bridgehead atoms. The molecule has 0 aliphatic rings. The van der Waals surface area contributed by atoms with Gasteiger partial charge in [0.15, 0.2) is 11.5 Å². The number of nitrogens with zero attached hydrogens (tertiary/aromatic N) is 5. The molecule has 26 heavy (non-hydrogen) atoms. The van der Waals surface area contributed by atoms with Crippen LogP contribution in [0.15, 0.2) is 36.7 Å². The second-order valence-corrected chi connectivity index (χ2v) is 6.39. The van der Waals surface area contributed by atoms with E-state index in [0.29, 0.717) is 11.5 Å². The average Bonchev–Trinajstić information content (AvgIpc) is 3.13. The Hall–Kier alpha value is -2.80. The summed E-state index contributed by atoms with van der Waals surface area (Å²) in [5.41, 5.74) is 2.66. The summed E-state index contributed by atoms with van der Waals surface area (Å²) in [6.07, 6.45) is 3.72. The van der Waals surface area contributed by atoms with Gasteiger partial charge in [0.2, 0.25) is 5.95 Å². The van der Waals surface area contributed by atoms with Crippen molar-refractivity contribution >= 4 is 11.6 Å². The number of fused-ring (bicyclic) bond motifs is 1. The van der Waals surface area contributed by atoms with E-state index in [1.165, 1.54) is 0 Å². The molecule has 0 amide bonds. The summed E-state index contributed by atoms with van der Waals surface area (Å²) in [4.78, 5) is 13.6. The zero-order valence-corrected chi connectivity index (χ0v) is 15.9. The molecular formula is C19H25N5O2. The summed E-state index contributed by atoms with van der Waals surface area (Å²) < 4.78 is 12.8.